The van der Waals surface area contributed by atoms with Crippen molar-refractivity contribution in [1.82, 2.24) is 20.0 Å². The summed E-state index contributed by atoms with van der Waals surface area (Å²) in [6.07, 6.45) is -3.93. The van der Waals surface area contributed by atoms with Gasteiger partial charge in [-0.1, -0.05) is 30.3 Å². The summed E-state index contributed by atoms with van der Waals surface area (Å²) in [5.41, 5.74) is 2.38. The number of rotatable bonds is 7. The summed E-state index contributed by atoms with van der Waals surface area (Å²) >= 11 is 0. The molecule has 2 aliphatic heterocycles. The zero-order valence-electron chi connectivity index (χ0n) is 23.2. The van der Waals surface area contributed by atoms with Crippen molar-refractivity contribution in [3.05, 3.63) is 93.8 Å². The molecule has 2 fully saturated rings. The number of hydrogen-bond donors (Lipinski definition) is 2. The molecule has 0 saturated carbocycles. The maximum atomic E-state index is 13.0. The van der Waals surface area contributed by atoms with E-state index < -0.39 is 23.7 Å². The van der Waals surface area contributed by atoms with Crippen LogP contribution in [0.2, 0.25) is 0 Å². The molecule has 2 saturated heterocycles. The SMILES string of the molecule is O=C1CCC(n2[nH]c3c(OCc4ccc(CN5CCN(c6ccc(C(F)(F)F)cc6)CC5)cc4)cccc3c2=O)C(=O)N1. The zero-order chi connectivity index (χ0) is 30.1. The monoisotopic (exact) mass is 593 g/mol. The van der Waals surface area contributed by atoms with Crippen LogP contribution < -0.4 is 20.5 Å². The highest BCUT2D eigenvalue weighted by Crippen LogP contribution is 2.31. The van der Waals surface area contributed by atoms with Crippen LogP contribution in [0.1, 0.15) is 35.6 Å². The van der Waals surface area contributed by atoms with Gasteiger partial charge in [0.15, 0.2) is 0 Å². The van der Waals surface area contributed by atoms with Crippen molar-refractivity contribution < 1.29 is 27.5 Å². The number of ether oxygens (including phenoxy) is 1. The number of halogens is 3. The number of fused-ring (bicyclic) bond motifs is 1. The normalized spacial score (nSPS) is 18.2. The minimum atomic E-state index is -4.33. The Morgan fingerprint density at radius 3 is 2.23 bits per heavy atom. The quantitative estimate of drug-likeness (QED) is 0.312. The van der Waals surface area contributed by atoms with Gasteiger partial charge in [0.2, 0.25) is 5.91 Å². The number of nitrogens with zero attached hydrogens (tertiary/aromatic N) is 3. The second-order valence-corrected chi connectivity index (χ2v) is 10.8. The highest BCUT2D eigenvalue weighted by Gasteiger charge is 2.31. The van der Waals surface area contributed by atoms with E-state index in [1.807, 2.05) is 24.3 Å². The molecular formula is C31H30F3N5O4. The van der Waals surface area contributed by atoms with Crippen molar-refractivity contribution in [2.75, 3.05) is 31.1 Å². The number of alkyl halides is 3. The van der Waals surface area contributed by atoms with E-state index in [1.54, 1.807) is 18.2 Å². The highest BCUT2D eigenvalue weighted by molar-refractivity contribution is 5.99. The van der Waals surface area contributed by atoms with Gasteiger partial charge in [0.05, 0.1) is 10.9 Å². The van der Waals surface area contributed by atoms with Crippen LogP contribution in [-0.2, 0) is 28.9 Å². The molecule has 4 aromatic rings. The summed E-state index contributed by atoms with van der Waals surface area (Å²) in [6, 6.07) is 17.8. The first-order valence-corrected chi connectivity index (χ1v) is 14.1. The number of H-pyrrole nitrogens is 1. The second kappa shape index (κ2) is 11.6. The summed E-state index contributed by atoms with van der Waals surface area (Å²) < 4.78 is 45.9. The number of aromatic nitrogens is 2. The maximum absolute atomic E-state index is 13.0. The molecule has 2 N–H and O–H groups in total. The van der Waals surface area contributed by atoms with Crippen molar-refractivity contribution in [1.29, 1.82) is 0 Å². The van der Waals surface area contributed by atoms with Crippen LogP contribution in [0.3, 0.4) is 0 Å². The van der Waals surface area contributed by atoms with Crippen LogP contribution in [0.25, 0.3) is 10.9 Å². The van der Waals surface area contributed by atoms with Crippen molar-refractivity contribution in [3.63, 3.8) is 0 Å². The number of imide groups is 1. The number of carbonyl (C=O) groups excluding carboxylic acids is 2. The second-order valence-electron chi connectivity index (χ2n) is 10.8. The largest absolute Gasteiger partial charge is 0.487 e. The Morgan fingerprint density at radius 2 is 1.56 bits per heavy atom. The smallest absolute Gasteiger partial charge is 0.416 e. The first-order valence-electron chi connectivity index (χ1n) is 14.1. The fraction of sp³-hybridized carbons (Fsp3) is 0.323. The van der Waals surface area contributed by atoms with Gasteiger partial charge in [-0.25, -0.2) is 4.68 Å². The van der Waals surface area contributed by atoms with Crippen LogP contribution in [0.5, 0.6) is 5.75 Å². The van der Waals surface area contributed by atoms with Crippen LogP contribution in [-0.4, -0.2) is 52.7 Å². The molecule has 1 unspecified atom stereocenters. The number of para-hydroxylation sites is 1. The lowest BCUT2D eigenvalue weighted by Gasteiger charge is -2.36. The number of piperazine rings is 1. The van der Waals surface area contributed by atoms with E-state index >= 15 is 0 Å². The molecule has 3 aromatic carbocycles. The number of nitrogens with one attached hydrogen (secondary N) is 2. The summed E-state index contributed by atoms with van der Waals surface area (Å²) in [4.78, 5) is 41.2. The number of hydrogen-bond acceptors (Lipinski definition) is 6. The van der Waals surface area contributed by atoms with Crippen molar-refractivity contribution in [2.45, 2.75) is 38.2 Å². The topological polar surface area (TPSA) is 99.7 Å². The third-order valence-electron chi connectivity index (χ3n) is 7.99. The van der Waals surface area contributed by atoms with Gasteiger partial charge < -0.3 is 9.64 Å². The molecule has 6 rings (SSSR count). The van der Waals surface area contributed by atoms with E-state index in [1.165, 1.54) is 16.8 Å². The summed E-state index contributed by atoms with van der Waals surface area (Å²) in [7, 11) is 0. The average molecular weight is 594 g/mol. The molecule has 43 heavy (non-hydrogen) atoms. The highest BCUT2D eigenvalue weighted by atomic mass is 19.4. The van der Waals surface area contributed by atoms with E-state index in [0.29, 0.717) is 16.7 Å². The zero-order valence-corrected chi connectivity index (χ0v) is 23.2. The molecule has 0 aliphatic carbocycles. The van der Waals surface area contributed by atoms with Crippen LogP contribution in [0, 0.1) is 0 Å². The predicted octanol–water partition coefficient (Wildman–Crippen LogP) is 4.23. The van der Waals surface area contributed by atoms with Crippen molar-refractivity contribution in [3.8, 4) is 5.75 Å². The van der Waals surface area contributed by atoms with Crippen molar-refractivity contribution >= 4 is 28.4 Å². The molecule has 0 spiro atoms. The Labute approximate surface area is 244 Å². The molecule has 1 aromatic heterocycles. The van der Waals surface area contributed by atoms with Gasteiger partial charge in [-0.05, 0) is 53.9 Å². The number of carbonyl (C=O) groups is 2. The molecule has 0 radical (unpaired) electrons. The summed E-state index contributed by atoms with van der Waals surface area (Å²) in [5.74, 6) is -0.371. The van der Waals surface area contributed by atoms with E-state index in [-0.39, 0.29) is 30.9 Å². The number of anilines is 1. The lowest BCUT2D eigenvalue weighted by atomic mass is 10.1. The van der Waals surface area contributed by atoms with Crippen LogP contribution in [0.15, 0.2) is 71.5 Å². The molecule has 12 heteroatoms. The average Bonchev–Trinajstić information content (AvgIpc) is 3.33. The van der Waals surface area contributed by atoms with Crippen LogP contribution >= 0.6 is 0 Å². The Bertz CT molecular complexity index is 1690. The maximum Gasteiger partial charge on any atom is 0.416 e. The number of aromatic amines is 1. The van der Waals surface area contributed by atoms with Gasteiger partial charge in [-0.15, -0.1) is 0 Å². The Kier molecular flexibility index (Phi) is 7.70. The predicted molar refractivity (Wildman–Crippen MR) is 154 cm³/mol. The third kappa shape index (κ3) is 6.14. The van der Waals surface area contributed by atoms with Gasteiger partial charge in [0, 0.05) is 44.8 Å². The standard InChI is InChI=1S/C31H30F3N5O4/c32-31(33,34)22-8-10-23(11-9-22)38-16-14-37(15-17-38)18-20-4-6-21(7-5-20)19-43-26-3-1-2-24-28(26)36-39(30(24)42)25-12-13-27(40)35-29(25)41/h1-11,25,36H,12-19H2,(H,35,40,41). The fourth-order valence-electron chi connectivity index (χ4n) is 5.58. The summed E-state index contributed by atoms with van der Waals surface area (Å²) in [6.45, 7) is 4.10. The number of benzene rings is 3. The first-order chi connectivity index (χ1) is 20.7. The lowest BCUT2D eigenvalue weighted by Crippen LogP contribution is -2.45. The molecule has 9 nitrogen and oxygen atoms in total. The fourth-order valence-corrected chi connectivity index (χ4v) is 5.58. The molecular weight excluding hydrogens is 563 g/mol. The Balaban J connectivity index is 1.04. The van der Waals surface area contributed by atoms with Crippen LogP contribution in [0.4, 0.5) is 18.9 Å². The van der Waals surface area contributed by atoms with Gasteiger partial charge >= 0.3 is 6.18 Å². The van der Waals surface area contributed by atoms with E-state index in [4.69, 9.17) is 4.74 Å². The molecule has 0 bridgehead atoms. The number of amides is 2. The molecule has 3 heterocycles. The minimum Gasteiger partial charge on any atom is -0.487 e. The van der Waals surface area contributed by atoms with E-state index in [2.05, 4.69) is 20.2 Å². The Morgan fingerprint density at radius 1 is 0.860 bits per heavy atom. The number of piperidine rings is 1. The van der Waals surface area contributed by atoms with Gasteiger partial charge in [-0.2, -0.15) is 13.2 Å². The molecule has 2 amide bonds. The van der Waals surface area contributed by atoms with Gasteiger partial charge in [0.1, 0.15) is 23.9 Å². The van der Waals surface area contributed by atoms with E-state index in [9.17, 15) is 27.6 Å². The minimum absolute atomic E-state index is 0.163. The van der Waals surface area contributed by atoms with Crippen molar-refractivity contribution in [2.24, 2.45) is 0 Å². The Hall–Kier alpha value is -4.58. The molecule has 1 atom stereocenters. The van der Waals surface area contributed by atoms with Gasteiger partial charge in [-0.3, -0.25) is 29.7 Å². The van der Waals surface area contributed by atoms with E-state index in [0.717, 1.165) is 61.7 Å². The van der Waals surface area contributed by atoms with Gasteiger partial charge in [0.25, 0.3) is 11.5 Å². The third-order valence-corrected chi connectivity index (χ3v) is 7.99. The molecule has 2 aliphatic rings. The lowest BCUT2D eigenvalue weighted by molar-refractivity contribution is -0.138. The summed E-state index contributed by atoms with van der Waals surface area (Å²) in [5, 5.41) is 5.69. The molecule has 224 valence electrons. The first kappa shape index (κ1) is 28.5.